The quantitative estimate of drug-likeness (QED) is 0.668. The van der Waals surface area contributed by atoms with E-state index in [1.807, 2.05) is 0 Å². The summed E-state index contributed by atoms with van der Waals surface area (Å²) >= 11 is 0. The fraction of sp³-hybridized carbons (Fsp3) is 1.00. The molecular formula is C17H33BO2. The molecule has 0 N–H and O–H groups in total. The second-order valence-electron chi connectivity index (χ2n) is 9.01. The summed E-state index contributed by atoms with van der Waals surface area (Å²) in [6, 6.07) is 0. The predicted octanol–water partition coefficient (Wildman–Crippen LogP) is 4.93. The summed E-state index contributed by atoms with van der Waals surface area (Å²) in [5, 5.41) is 0. The van der Waals surface area contributed by atoms with Gasteiger partial charge in [-0.15, -0.1) is 0 Å². The summed E-state index contributed by atoms with van der Waals surface area (Å²) in [7, 11) is -0.00353. The largest absolute Gasteiger partial charge is 0.458 e. The van der Waals surface area contributed by atoms with Gasteiger partial charge in [0.25, 0.3) is 0 Å². The van der Waals surface area contributed by atoms with Crippen LogP contribution in [-0.2, 0) is 9.31 Å². The minimum absolute atomic E-state index is 0.00353. The molecule has 1 saturated carbocycles. The Kier molecular flexibility index (Phi) is 4.35. The molecule has 2 nitrogen and oxygen atoms in total. The Morgan fingerprint density at radius 1 is 0.900 bits per heavy atom. The van der Waals surface area contributed by atoms with Gasteiger partial charge in [0.2, 0.25) is 0 Å². The zero-order valence-electron chi connectivity index (χ0n) is 14.6. The van der Waals surface area contributed by atoms with Gasteiger partial charge < -0.3 is 9.31 Å². The molecule has 0 bridgehead atoms. The van der Waals surface area contributed by atoms with E-state index in [4.69, 9.17) is 9.31 Å². The average molecular weight is 280 g/mol. The minimum atomic E-state index is -0.180. The van der Waals surface area contributed by atoms with E-state index in [0.29, 0.717) is 5.41 Å². The van der Waals surface area contributed by atoms with Crippen molar-refractivity contribution >= 4 is 7.12 Å². The van der Waals surface area contributed by atoms with Crippen LogP contribution in [0.5, 0.6) is 0 Å². The average Bonchev–Trinajstić information content (AvgIpc) is 2.46. The lowest BCUT2D eigenvalue weighted by atomic mass is 9.65. The minimum Gasteiger partial charge on any atom is -0.403 e. The summed E-state index contributed by atoms with van der Waals surface area (Å²) in [6.45, 7) is 15.7. The molecule has 20 heavy (non-hydrogen) atoms. The Labute approximate surface area is 126 Å². The molecule has 1 heterocycles. The Morgan fingerprint density at radius 2 is 1.35 bits per heavy atom. The molecule has 2 fully saturated rings. The molecule has 0 amide bonds. The van der Waals surface area contributed by atoms with Gasteiger partial charge in [0.05, 0.1) is 11.2 Å². The van der Waals surface area contributed by atoms with Crippen molar-refractivity contribution in [2.45, 2.75) is 91.7 Å². The first-order chi connectivity index (χ1) is 9.01. The predicted molar refractivity (Wildman–Crippen MR) is 85.8 cm³/mol. The van der Waals surface area contributed by atoms with E-state index in [-0.39, 0.29) is 18.3 Å². The van der Waals surface area contributed by atoms with E-state index >= 15 is 0 Å². The van der Waals surface area contributed by atoms with Crippen molar-refractivity contribution in [3.05, 3.63) is 0 Å². The fourth-order valence-corrected chi connectivity index (χ4v) is 3.60. The summed E-state index contributed by atoms with van der Waals surface area (Å²) < 4.78 is 12.3. The third-order valence-electron chi connectivity index (χ3n) is 5.90. The highest BCUT2D eigenvalue weighted by Gasteiger charge is 2.51. The van der Waals surface area contributed by atoms with E-state index in [9.17, 15) is 0 Å². The molecule has 0 aromatic heterocycles. The molecule has 0 aromatic carbocycles. The molecule has 2 aliphatic rings. The van der Waals surface area contributed by atoms with Gasteiger partial charge in [-0.25, -0.2) is 0 Å². The molecule has 0 atom stereocenters. The third-order valence-corrected chi connectivity index (χ3v) is 5.90. The van der Waals surface area contributed by atoms with Crippen LogP contribution in [0.15, 0.2) is 0 Å². The van der Waals surface area contributed by atoms with Crippen LogP contribution in [0.2, 0.25) is 6.32 Å². The standard InChI is InChI=1S/C17H33BO2/c1-15(2,3)14-10-8-13(9-11-14)12-18-19-16(4,5)17(6,7)20-18/h13-14H,8-12H2,1-7H3. The fourth-order valence-electron chi connectivity index (χ4n) is 3.60. The Balaban J connectivity index is 1.83. The molecule has 0 radical (unpaired) electrons. The zero-order chi connectivity index (χ0) is 15.2. The van der Waals surface area contributed by atoms with Gasteiger partial charge in [-0.05, 0) is 64.1 Å². The van der Waals surface area contributed by atoms with Crippen LogP contribution in [0.1, 0.15) is 74.1 Å². The van der Waals surface area contributed by atoms with E-state index in [1.165, 1.54) is 25.7 Å². The van der Waals surface area contributed by atoms with Crippen molar-refractivity contribution in [2.24, 2.45) is 17.3 Å². The maximum absolute atomic E-state index is 6.14. The maximum Gasteiger partial charge on any atom is 0.458 e. The first-order valence-electron chi connectivity index (χ1n) is 8.37. The van der Waals surface area contributed by atoms with Crippen LogP contribution in [0.25, 0.3) is 0 Å². The lowest BCUT2D eigenvalue weighted by Gasteiger charge is -2.37. The molecule has 0 spiro atoms. The lowest BCUT2D eigenvalue weighted by Crippen LogP contribution is -2.41. The number of rotatable bonds is 2. The van der Waals surface area contributed by atoms with Gasteiger partial charge in [0.15, 0.2) is 0 Å². The van der Waals surface area contributed by atoms with Crippen molar-refractivity contribution in [1.82, 2.24) is 0 Å². The third kappa shape index (κ3) is 3.41. The highest BCUT2D eigenvalue weighted by atomic mass is 16.7. The van der Waals surface area contributed by atoms with Crippen molar-refractivity contribution in [3.8, 4) is 0 Å². The van der Waals surface area contributed by atoms with Crippen LogP contribution in [0, 0.1) is 17.3 Å². The summed E-state index contributed by atoms with van der Waals surface area (Å²) in [6.07, 6.45) is 6.49. The van der Waals surface area contributed by atoms with E-state index in [1.54, 1.807) is 0 Å². The van der Waals surface area contributed by atoms with Crippen molar-refractivity contribution < 1.29 is 9.31 Å². The maximum atomic E-state index is 6.14. The first-order valence-corrected chi connectivity index (χ1v) is 8.37. The summed E-state index contributed by atoms with van der Waals surface area (Å²) in [5.41, 5.74) is 0.107. The molecular weight excluding hydrogens is 247 g/mol. The Morgan fingerprint density at radius 3 is 1.75 bits per heavy atom. The second kappa shape index (κ2) is 5.32. The van der Waals surface area contributed by atoms with Crippen molar-refractivity contribution in [3.63, 3.8) is 0 Å². The molecule has 2 rings (SSSR count). The highest BCUT2D eigenvalue weighted by Crippen LogP contribution is 2.43. The van der Waals surface area contributed by atoms with Crippen LogP contribution in [0.4, 0.5) is 0 Å². The van der Waals surface area contributed by atoms with Crippen molar-refractivity contribution in [1.29, 1.82) is 0 Å². The molecule has 1 saturated heterocycles. The lowest BCUT2D eigenvalue weighted by molar-refractivity contribution is 0.00578. The first kappa shape index (κ1) is 16.4. The molecule has 0 unspecified atom stereocenters. The van der Waals surface area contributed by atoms with E-state index < -0.39 is 0 Å². The van der Waals surface area contributed by atoms with Gasteiger partial charge >= 0.3 is 7.12 Å². The second-order valence-corrected chi connectivity index (χ2v) is 9.01. The highest BCUT2D eigenvalue weighted by molar-refractivity contribution is 6.45. The topological polar surface area (TPSA) is 18.5 Å². The molecule has 116 valence electrons. The number of hydrogen-bond acceptors (Lipinski definition) is 2. The van der Waals surface area contributed by atoms with Gasteiger partial charge in [-0.2, -0.15) is 0 Å². The molecule has 1 aliphatic carbocycles. The van der Waals surface area contributed by atoms with Gasteiger partial charge in [-0.1, -0.05) is 33.6 Å². The number of hydrogen-bond donors (Lipinski definition) is 0. The van der Waals surface area contributed by atoms with Crippen LogP contribution in [-0.4, -0.2) is 18.3 Å². The van der Waals surface area contributed by atoms with Crippen molar-refractivity contribution in [2.75, 3.05) is 0 Å². The molecule has 3 heteroatoms. The van der Waals surface area contributed by atoms with Crippen LogP contribution in [0.3, 0.4) is 0 Å². The zero-order valence-corrected chi connectivity index (χ0v) is 14.6. The normalized spacial score (nSPS) is 33.5. The Hall–Kier alpha value is -0.0151. The van der Waals surface area contributed by atoms with Gasteiger partial charge in [0.1, 0.15) is 0 Å². The Bertz CT molecular complexity index is 319. The van der Waals surface area contributed by atoms with E-state index in [2.05, 4.69) is 48.5 Å². The van der Waals surface area contributed by atoms with Crippen LogP contribution < -0.4 is 0 Å². The SMILES string of the molecule is CC(C)(C)C1CCC(CB2OC(C)(C)C(C)(C)O2)CC1. The monoisotopic (exact) mass is 280 g/mol. The van der Waals surface area contributed by atoms with E-state index in [0.717, 1.165) is 18.2 Å². The van der Waals surface area contributed by atoms with Gasteiger partial charge in [0, 0.05) is 0 Å². The molecule has 1 aliphatic heterocycles. The summed E-state index contributed by atoms with van der Waals surface area (Å²) in [5.74, 6) is 1.67. The van der Waals surface area contributed by atoms with Gasteiger partial charge in [-0.3, -0.25) is 0 Å². The molecule has 0 aromatic rings. The smallest absolute Gasteiger partial charge is 0.403 e. The summed E-state index contributed by atoms with van der Waals surface area (Å²) in [4.78, 5) is 0. The van der Waals surface area contributed by atoms with Crippen LogP contribution >= 0.6 is 0 Å².